The molecule has 0 fully saturated rings. The molecule has 2 aromatic heterocycles. The first-order chi connectivity index (χ1) is 9.25. The van der Waals surface area contributed by atoms with Crippen molar-refractivity contribution < 1.29 is 9.32 Å². The Kier molecular flexibility index (Phi) is 3.10. The number of fused-ring (bicyclic) bond motifs is 1. The summed E-state index contributed by atoms with van der Waals surface area (Å²) in [5.41, 5.74) is 0.596. The van der Waals surface area contributed by atoms with Crippen molar-refractivity contribution in [1.29, 1.82) is 0 Å². The quantitative estimate of drug-likeness (QED) is 0.747. The zero-order chi connectivity index (χ0) is 13.2. The van der Waals surface area contributed by atoms with Gasteiger partial charge >= 0.3 is 5.91 Å². The average molecular weight is 294 g/mol. The van der Waals surface area contributed by atoms with Crippen LogP contribution in [0.25, 0.3) is 11.0 Å². The molecule has 0 aliphatic rings. The maximum absolute atomic E-state index is 12.2. The Morgan fingerprint density at radius 2 is 2.21 bits per heavy atom. The highest BCUT2D eigenvalue weighted by molar-refractivity contribution is 7.12. The van der Waals surface area contributed by atoms with Gasteiger partial charge in [-0.05, 0) is 23.6 Å². The normalized spacial score (nSPS) is 10.6. The lowest BCUT2D eigenvalue weighted by atomic mass is 10.3. The van der Waals surface area contributed by atoms with E-state index in [2.05, 4.69) is 10.4 Å². The maximum Gasteiger partial charge on any atom is 0.307 e. The van der Waals surface area contributed by atoms with E-state index in [-0.39, 0.29) is 5.91 Å². The van der Waals surface area contributed by atoms with Crippen LogP contribution in [0.4, 0.5) is 0 Å². The van der Waals surface area contributed by atoms with Crippen molar-refractivity contribution in [3.8, 4) is 0 Å². The van der Waals surface area contributed by atoms with E-state index in [1.165, 1.54) is 11.3 Å². The number of thiophene rings is 1. The number of aromatic amines is 1. The number of halogens is 1. The van der Waals surface area contributed by atoms with E-state index in [4.69, 9.17) is 16.1 Å². The van der Waals surface area contributed by atoms with Gasteiger partial charge in [0.15, 0.2) is 5.58 Å². The largest absolute Gasteiger partial charge is 0.364 e. The first kappa shape index (κ1) is 12.0. The lowest BCUT2D eigenvalue weighted by molar-refractivity contribution is 0.0901. The summed E-state index contributed by atoms with van der Waals surface area (Å²) in [4.78, 5) is 13.6. The minimum Gasteiger partial charge on any atom is -0.364 e. The van der Waals surface area contributed by atoms with Gasteiger partial charge < -0.3 is 4.52 Å². The summed E-state index contributed by atoms with van der Waals surface area (Å²) in [6, 6.07) is 8.98. The van der Waals surface area contributed by atoms with Crippen LogP contribution in [0.1, 0.15) is 9.67 Å². The van der Waals surface area contributed by atoms with Gasteiger partial charge in [-0.25, -0.2) is 0 Å². The zero-order valence-corrected chi connectivity index (χ0v) is 11.1. The second kappa shape index (κ2) is 4.91. The van der Waals surface area contributed by atoms with Gasteiger partial charge in [0.2, 0.25) is 0 Å². The van der Waals surface area contributed by atoms with Crippen molar-refractivity contribution in [3.05, 3.63) is 51.8 Å². The highest BCUT2D eigenvalue weighted by Gasteiger charge is 2.14. The van der Waals surface area contributed by atoms with Crippen LogP contribution >= 0.6 is 22.9 Å². The smallest absolute Gasteiger partial charge is 0.307 e. The molecule has 19 heavy (non-hydrogen) atoms. The molecule has 3 rings (SSSR count). The van der Waals surface area contributed by atoms with Crippen molar-refractivity contribution in [2.75, 3.05) is 0 Å². The van der Waals surface area contributed by atoms with Gasteiger partial charge in [0, 0.05) is 5.39 Å². The van der Waals surface area contributed by atoms with Gasteiger partial charge in [0.25, 0.3) is 0 Å². The maximum atomic E-state index is 12.2. The second-order valence-electron chi connectivity index (χ2n) is 3.69. The average Bonchev–Trinajstić information content (AvgIpc) is 2.74. The summed E-state index contributed by atoms with van der Waals surface area (Å²) < 4.78 is 5.31. The minimum atomic E-state index is -0.371. The Labute approximate surface area is 116 Å². The number of carbonyl (C=O) groups is 1. The third kappa shape index (κ3) is 2.27. The summed E-state index contributed by atoms with van der Waals surface area (Å²) in [6.45, 7) is 0. The van der Waals surface area contributed by atoms with Crippen molar-refractivity contribution in [2.45, 2.75) is 0 Å². The molecule has 0 atom stereocenters. The molecule has 0 amide bonds. The number of benzene rings is 1. The Balaban J connectivity index is 2.11. The number of H-pyrrole nitrogens is 1. The summed E-state index contributed by atoms with van der Waals surface area (Å²) in [7, 11) is 0. The zero-order valence-electron chi connectivity index (χ0n) is 9.54. The molecule has 0 aliphatic carbocycles. The van der Waals surface area contributed by atoms with Crippen molar-refractivity contribution in [1.82, 2.24) is 15.2 Å². The number of nitrogens with one attached hydrogen (secondary N) is 1. The van der Waals surface area contributed by atoms with Crippen molar-refractivity contribution in [3.63, 3.8) is 0 Å². The first-order valence-electron chi connectivity index (χ1n) is 5.38. The van der Waals surface area contributed by atoms with E-state index >= 15 is 0 Å². The fraction of sp³-hybridized carbons (Fsp3) is 0. The Morgan fingerprint density at radius 1 is 1.37 bits per heavy atom. The minimum absolute atomic E-state index is 0.371. The monoisotopic (exact) mass is 293 g/mol. The highest BCUT2D eigenvalue weighted by atomic mass is 35.5. The molecule has 0 aliphatic heterocycles. The van der Waals surface area contributed by atoms with Crippen LogP contribution in [-0.4, -0.2) is 21.1 Å². The summed E-state index contributed by atoms with van der Waals surface area (Å²) in [6.07, 6.45) is 1.55. The van der Waals surface area contributed by atoms with Crippen LogP contribution in [0.5, 0.6) is 0 Å². The Morgan fingerprint density at radius 3 is 3.00 bits per heavy atom. The van der Waals surface area contributed by atoms with Gasteiger partial charge in [-0.15, -0.1) is 21.4 Å². The molecule has 5 nitrogen and oxygen atoms in total. The number of para-hydroxylation sites is 1. The molecule has 0 spiro atoms. The number of rotatable bonds is 1. The number of nitrogens with zero attached hydrogens (tertiary/aromatic N) is 2. The number of aromatic nitrogens is 3. The molecule has 0 radical (unpaired) electrons. The third-order valence-electron chi connectivity index (χ3n) is 2.48. The van der Waals surface area contributed by atoms with Crippen molar-refractivity contribution >= 4 is 39.8 Å². The summed E-state index contributed by atoms with van der Waals surface area (Å²) >= 11 is 7.18. The van der Waals surface area contributed by atoms with Gasteiger partial charge in [-0.2, -0.15) is 5.10 Å². The van der Waals surface area contributed by atoms with Gasteiger partial charge in [0.1, 0.15) is 4.88 Å². The molecule has 0 bridgehead atoms. The van der Waals surface area contributed by atoms with Crippen LogP contribution < -0.4 is 0 Å². The van der Waals surface area contributed by atoms with E-state index in [0.29, 0.717) is 15.5 Å². The highest BCUT2D eigenvalue weighted by Crippen LogP contribution is 2.22. The predicted molar refractivity (Wildman–Crippen MR) is 73.0 cm³/mol. The van der Waals surface area contributed by atoms with Gasteiger partial charge in [-0.1, -0.05) is 23.7 Å². The fourth-order valence-corrected chi connectivity index (χ4v) is 2.61. The molecular weight excluding hydrogens is 286 g/mol. The van der Waals surface area contributed by atoms with Gasteiger partial charge in [-0.3, -0.25) is 4.79 Å². The molecule has 0 saturated carbocycles. The summed E-state index contributed by atoms with van der Waals surface area (Å²) in [5.74, 6) is -0.371. The topological polar surface area (TPSA) is 63.8 Å². The number of hydrogen-bond acceptors (Lipinski definition) is 4. The standard InChI is InChI=1S/C12H8ClN3O2S/c13-9-5-6-19-11(9)12(17)16-14-7-8-3-1-2-4-10(8)18-15-16/h1-7,15H. The van der Waals surface area contributed by atoms with E-state index in [9.17, 15) is 4.79 Å². The van der Waals surface area contributed by atoms with Crippen LogP contribution in [0.2, 0.25) is 5.02 Å². The third-order valence-corrected chi connectivity index (χ3v) is 3.81. The van der Waals surface area contributed by atoms with E-state index < -0.39 is 0 Å². The molecule has 96 valence electrons. The van der Waals surface area contributed by atoms with E-state index in [1.54, 1.807) is 23.7 Å². The molecule has 1 aromatic carbocycles. The van der Waals surface area contributed by atoms with Crippen LogP contribution in [0.15, 0.2) is 46.4 Å². The Hall–Kier alpha value is -2.05. The lowest BCUT2D eigenvalue weighted by Crippen LogP contribution is -2.15. The van der Waals surface area contributed by atoms with Gasteiger partial charge in [0.05, 0.1) is 11.2 Å². The molecule has 7 heteroatoms. The SMILES string of the molecule is O=C(c1sccc1Cl)n1ncc2ccccc2o[nH]1. The van der Waals surface area contributed by atoms with Crippen molar-refractivity contribution in [2.24, 2.45) is 0 Å². The van der Waals surface area contributed by atoms with Crippen LogP contribution in [0.3, 0.4) is 0 Å². The molecule has 1 N–H and O–H groups in total. The molecule has 2 heterocycles. The number of hydrogen-bond donors (Lipinski definition) is 1. The Bertz CT molecular complexity index is 743. The van der Waals surface area contributed by atoms with E-state index in [0.717, 1.165) is 10.2 Å². The molecule has 3 aromatic rings. The van der Waals surface area contributed by atoms with Crippen LogP contribution in [0, 0.1) is 0 Å². The molecular formula is C12H8ClN3O2S. The number of carbonyl (C=O) groups excluding carboxylic acids is 1. The lowest BCUT2D eigenvalue weighted by Gasteiger charge is -1.97. The summed E-state index contributed by atoms with van der Waals surface area (Å²) in [5, 5.41) is 9.44. The fourth-order valence-electron chi connectivity index (χ4n) is 1.55. The molecule has 0 unspecified atom stereocenters. The molecule has 0 saturated heterocycles. The van der Waals surface area contributed by atoms with E-state index in [1.807, 2.05) is 18.2 Å². The van der Waals surface area contributed by atoms with Crippen LogP contribution in [-0.2, 0) is 0 Å². The predicted octanol–water partition coefficient (Wildman–Crippen LogP) is 3.49. The second-order valence-corrected chi connectivity index (χ2v) is 5.01. The first-order valence-corrected chi connectivity index (χ1v) is 6.64.